The lowest BCUT2D eigenvalue weighted by atomic mass is 10.2. The van der Waals surface area contributed by atoms with Crippen molar-refractivity contribution in [1.82, 2.24) is 9.80 Å². The molecule has 1 aromatic carbocycles. The molecular formula is C16H24F2N2O3. The number of halogens is 2. The fourth-order valence-electron chi connectivity index (χ4n) is 2.70. The number of aliphatic hydroxyl groups excluding tert-OH is 1. The highest BCUT2D eigenvalue weighted by molar-refractivity contribution is 5.33. The van der Waals surface area contributed by atoms with Gasteiger partial charge in [0.25, 0.3) is 0 Å². The predicted octanol–water partition coefficient (Wildman–Crippen LogP) is 1.41. The highest BCUT2D eigenvalue weighted by Gasteiger charge is 2.17. The number of benzene rings is 1. The zero-order valence-electron chi connectivity index (χ0n) is 13.3. The molecule has 1 heterocycles. The third kappa shape index (κ3) is 6.39. The fourth-order valence-corrected chi connectivity index (χ4v) is 2.70. The average molecular weight is 330 g/mol. The standard InChI is InChI=1S/C16H24F2N2O3/c1-19(11-14(21)12-20-6-8-22-9-7-20)10-13-4-2-3-5-15(13)23-16(17)18/h2-5,14,16,21H,6-12H2,1H3. The van der Waals surface area contributed by atoms with Crippen molar-refractivity contribution in [2.75, 3.05) is 46.4 Å². The molecule has 5 nitrogen and oxygen atoms in total. The van der Waals surface area contributed by atoms with Crippen LogP contribution in [-0.2, 0) is 11.3 Å². The van der Waals surface area contributed by atoms with Crippen molar-refractivity contribution in [3.8, 4) is 5.75 Å². The van der Waals surface area contributed by atoms with Gasteiger partial charge in [-0.05, 0) is 13.1 Å². The van der Waals surface area contributed by atoms with Gasteiger partial charge < -0.3 is 14.6 Å². The molecule has 23 heavy (non-hydrogen) atoms. The summed E-state index contributed by atoms with van der Waals surface area (Å²) in [4.78, 5) is 4.06. The Hall–Kier alpha value is -1.28. The molecule has 1 saturated heterocycles. The Morgan fingerprint density at radius 2 is 2.00 bits per heavy atom. The number of hydrogen-bond acceptors (Lipinski definition) is 5. The van der Waals surface area contributed by atoms with Crippen LogP contribution in [0.3, 0.4) is 0 Å². The highest BCUT2D eigenvalue weighted by atomic mass is 19.3. The Labute approximate surface area is 135 Å². The largest absolute Gasteiger partial charge is 0.434 e. The summed E-state index contributed by atoms with van der Waals surface area (Å²) >= 11 is 0. The van der Waals surface area contributed by atoms with Gasteiger partial charge in [-0.1, -0.05) is 18.2 Å². The minimum absolute atomic E-state index is 0.178. The molecule has 1 aliphatic heterocycles. The second-order valence-electron chi connectivity index (χ2n) is 5.75. The molecule has 130 valence electrons. The maximum absolute atomic E-state index is 12.4. The van der Waals surface area contributed by atoms with Crippen molar-refractivity contribution in [1.29, 1.82) is 0 Å². The van der Waals surface area contributed by atoms with Crippen LogP contribution in [0.15, 0.2) is 24.3 Å². The maximum Gasteiger partial charge on any atom is 0.387 e. The maximum atomic E-state index is 12.4. The molecule has 0 spiro atoms. The van der Waals surface area contributed by atoms with Gasteiger partial charge in [0.2, 0.25) is 0 Å². The van der Waals surface area contributed by atoms with Gasteiger partial charge in [-0.15, -0.1) is 0 Å². The Balaban J connectivity index is 1.82. The van der Waals surface area contributed by atoms with Gasteiger partial charge in [-0.2, -0.15) is 8.78 Å². The second kappa shape index (κ2) is 9.12. The van der Waals surface area contributed by atoms with Gasteiger partial charge in [0.1, 0.15) is 5.75 Å². The summed E-state index contributed by atoms with van der Waals surface area (Å²) in [7, 11) is 1.85. The molecule has 1 unspecified atom stereocenters. The number of β-amino-alcohol motifs (C(OH)–C–C–N with tert-alkyl or cyclic N) is 1. The van der Waals surface area contributed by atoms with Crippen molar-refractivity contribution in [2.24, 2.45) is 0 Å². The first kappa shape index (κ1) is 18.1. The van der Waals surface area contributed by atoms with Crippen molar-refractivity contribution in [2.45, 2.75) is 19.3 Å². The molecule has 1 N–H and O–H groups in total. The molecule has 0 radical (unpaired) electrons. The summed E-state index contributed by atoms with van der Waals surface area (Å²) in [5.74, 6) is 0.178. The van der Waals surface area contributed by atoms with Crippen LogP contribution in [0.5, 0.6) is 5.75 Å². The van der Waals surface area contributed by atoms with E-state index in [9.17, 15) is 13.9 Å². The quantitative estimate of drug-likeness (QED) is 0.781. The van der Waals surface area contributed by atoms with Crippen molar-refractivity contribution < 1.29 is 23.4 Å². The summed E-state index contributed by atoms with van der Waals surface area (Å²) in [6, 6.07) is 6.72. The van der Waals surface area contributed by atoms with Gasteiger partial charge >= 0.3 is 6.61 Å². The van der Waals surface area contributed by atoms with Gasteiger partial charge in [0.15, 0.2) is 0 Å². The van der Waals surface area contributed by atoms with Crippen LogP contribution in [0, 0.1) is 0 Å². The molecule has 0 aliphatic carbocycles. The number of ether oxygens (including phenoxy) is 2. The summed E-state index contributed by atoms with van der Waals surface area (Å²) < 4.78 is 34.6. The Kier molecular flexibility index (Phi) is 7.16. The van der Waals surface area contributed by atoms with Crippen molar-refractivity contribution >= 4 is 0 Å². The van der Waals surface area contributed by atoms with E-state index in [4.69, 9.17) is 4.74 Å². The predicted molar refractivity (Wildman–Crippen MR) is 82.7 cm³/mol. The number of nitrogens with zero attached hydrogens (tertiary/aromatic N) is 2. The normalized spacial score (nSPS) is 17.7. The van der Waals surface area contributed by atoms with Crippen molar-refractivity contribution in [3.05, 3.63) is 29.8 Å². The minimum Gasteiger partial charge on any atom is -0.434 e. The molecule has 0 saturated carbocycles. The van der Waals surface area contributed by atoms with Crippen LogP contribution in [0.1, 0.15) is 5.56 Å². The number of alkyl halides is 2. The highest BCUT2D eigenvalue weighted by Crippen LogP contribution is 2.21. The third-order valence-corrected chi connectivity index (χ3v) is 3.72. The SMILES string of the molecule is CN(Cc1ccccc1OC(F)F)CC(O)CN1CCOCC1. The minimum atomic E-state index is -2.84. The van der Waals surface area contributed by atoms with Gasteiger partial charge in [0, 0.05) is 38.3 Å². The van der Waals surface area contributed by atoms with E-state index < -0.39 is 12.7 Å². The molecule has 0 amide bonds. The zero-order chi connectivity index (χ0) is 16.7. The van der Waals surface area contributed by atoms with E-state index in [-0.39, 0.29) is 5.75 Å². The van der Waals surface area contributed by atoms with E-state index in [0.29, 0.717) is 38.4 Å². The lowest BCUT2D eigenvalue weighted by molar-refractivity contribution is -0.0508. The molecule has 0 bridgehead atoms. The molecule has 2 rings (SSSR count). The van der Waals surface area contributed by atoms with Crippen LogP contribution < -0.4 is 4.74 Å². The number of aliphatic hydroxyl groups is 1. The van der Waals surface area contributed by atoms with Gasteiger partial charge in [-0.3, -0.25) is 9.80 Å². The number of para-hydroxylation sites is 1. The van der Waals surface area contributed by atoms with Crippen LogP contribution in [0.4, 0.5) is 8.78 Å². The number of morpholine rings is 1. The molecule has 1 fully saturated rings. The first-order chi connectivity index (χ1) is 11.0. The van der Waals surface area contributed by atoms with Crippen LogP contribution in [-0.4, -0.2) is 74.1 Å². The average Bonchev–Trinajstić information content (AvgIpc) is 2.49. The molecule has 1 aromatic rings. The Morgan fingerprint density at radius 1 is 1.30 bits per heavy atom. The topological polar surface area (TPSA) is 45.2 Å². The van der Waals surface area contributed by atoms with Gasteiger partial charge in [0.05, 0.1) is 19.3 Å². The molecule has 1 aliphatic rings. The van der Waals surface area contributed by atoms with Gasteiger partial charge in [-0.25, -0.2) is 0 Å². The lowest BCUT2D eigenvalue weighted by Gasteiger charge is -2.30. The first-order valence-electron chi connectivity index (χ1n) is 7.74. The Bertz CT molecular complexity index is 470. The smallest absolute Gasteiger partial charge is 0.387 e. The van der Waals surface area contributed by atoms with E-state index in [0.717, 1.165) is 13.1 Å². The summed E-state index contributed by atoms with van der Waals surface area (Å²) in [5.41, 5.74) is 0.675. The van der Waals surface area contributed by atoms with E-state index in [1.165, 1.54) is 6.07 Å². The first-order valence-corrected chi connectivity index (χ1v) is 7.74. The number of rotatable bonds is 8. The fraction of sp³-hybridized carbons (Fsp3) is 0.625. The molecular weight excluding hydrogens is 306 g/mol. The van der Waals surface area contributed by atoms with Crippen molar-refractivity contribution in [3.63, 3.8) is 0 Å². The molecule has 1 atom stereocenters. The van der Waals surface area contributed by atoms with Crippen LogP contribution in [0.2, 0.25) is 0 Å². The van der Waals surface area contributed by atoms with E-state index >= 15 is 0 Å². The van der Waals surface area contributed by atoms with Crippen LogP contribution >= 0.6 is 0 Å². The zero-order valence-corrected chi connectivity index (χ0v) is 13.3. The molecule has 0 aromatic heterocycles. The third-order valence-electron chi connectivity index (χ3n) is 3.72. The monoisotopic (exact) mass is 330 g/mol. The Morgan fingerprint density at radius 3 is 2.70 bits per heavy atom. The van der Waals surface area contributed by atoms with Crippen LogP contribution in [0.25, 0.3) is 0 Å². The van der Waals surface area contributed by atoms with E-state index in [1.54, 1.807) is 18.2 Å². The summed E-state index contributed by atoms with van der Waals surface area (Å²) in [6.45, 7) is 1.68. The lowest BCUT2D eigenvalue weighted by Crippen LogP contribution is -2.44. The van der Waals surface area contributed by atoms with E-state index in [2.05, 4.69) is 9.64 Å². The molecule has 7 heteroatoms. The number of likely N-dealkylation sites (N-methyl/N-ethyl adjacent to an activating group) is 1. The second-order valence-corrected chi connectivity index (χ2v) is 5.75. The summed E-state index contributed by atoms with van der Waals surface area (Å²) in [6.07, 6.45) is -0.499. The van der Waals surface area contributed by atoms with E-state index in [1.807, 2.05) is 11.9 Å². The number of hydrogen-bond donors (Lipinski definition) is 1. The summed E-state index contributed by atoms with van der Waals surface area (Å²) in [5, 5.41) is 10.2.